The van der Waals surface area contributed by atoms with Crippen LogP contribution in [-0.4, -0.2) is 23.1 Å². The van der Waals surface area contributed by atoms with Crippen molar-refractivity contribution >= 4 is 11.0 Å². The van der Waals surface area contributed by atoms with Gasteiger partial charge in [-0.3, -0.25) is 4.98 Å². The molecule has 0 bridgehead atoms. The third kappa shape index (κ3) is 1.91. The largest absolute Gasteiger partial charge is 0.316 e. The minimum absolute atomic E-state index is 0.732. The Morgan fingerprint density at radius 2 is 2.12 bits per heavy atom. The van der Waals surface area contributed by atoms with E-state index in [0.29, 0.717) is 0 Å². The zero-order valence-electron chi connectivity index (χ0n) is 9.19. The predicted molar refractivity (Wildman–Crippen MR) is 64.2 cm³/mol. The Bertz CT molecular complexity index is 489. The van der Waals surface area contributed by atoms with Crippen molar-refractivity contribution < 1.29 is 0 Å². The molecule has 0 radical (unpaired) electrons. The van der Waals surface area contributed by atoms with E-state index in [-0.39, 0.29) is 0 Å². The number of nitrogens with one attached hydrogen (secondary N) is 1. The number of hydrogen-bond donors (Lipinski definition) is 1. The normalized spacial score (nSPS) is 20.4. The fourth-order valence-corrected chi connectivity index (χ4v) is 2.28. The van der Waals surface area contributed by atoms with E-state index >= 15 is 0 Å². The number of fused-ring (bicyclic) bond motifs is 1. The van der Waals surface area contributed by atoms with Gasteiger partial charge in [0.25, 0.3) is 0 Å². The van der Waals surface area contributed by atoms with Crippen LogP contribution in [0.3, 0.4) is 0 Å². The highest BCUT2D eigenvalue weighted by molar-refractivity contribution is 5.73. The molecule has 1 fully saturated rings. The van der Waals surface area contributed by atoms with Crippen LogP contribution in [0, 0.1) is 5.92 Å². The topological polar surface area (TPSA) is 37.8 Å². The molecule has 3 rings (SSSR count). The molecule has 1 aromatic carbocycles. The molecule has 0 spiro atoms. The molecule has 2 aromatic rings. The summed E-state index contributed by atoms with van der Waals surface area (Å²) in [5, 5.41) is 3.38. The van der Waals surface area contributed by atoms with Gasteiger partial charge in [-0.1, -0.05) is 12.1 Å². The lowest BCUT2D eigenvalue weighted by molar-refractivity contribution is 0.571. The molecule has 1 atom stereocenters. The van der Waals surface area contributed by atoms with E-state index in [9.17, 15) is 0 Å². The lowest BCUT2D eigenvalue weighted by atomic mass is 10.0. The number of aromatic nitrogens is 2. The lowest BCUT2D eigenvalue weighted by Crippen LogP contribution is -2.11. The molecule has 1 unspecified atom stereocenters. The molecular formula is C13H15N3. The van der Waals surface area contributed by atoms with E-state index in [4.69, 9.17) is 0 Å². The van der Waals surface area contributed by atoms with Gasteiger partial charge in [-0.25, -0.2) is 4.98 Å². The monoisotopic (exact) mass is 213 g/mol. The predicted octanol–water partition coefficient (Wildman–Crippen LogP) is 1.78. The van der Waals surface area contributed by atoms with Gasteiger partial charge >= 0.3 is 0 Å². The third-order valence-corrected chi connectivity index (χ3v) is 3.16. The van der Waals surface area contributed by atoms with E-state index in [1.165, 1.54) is 6.42 Å². The first kappa shape index (κ1) is 9.73. The van der Waals surface area contributed by atoms with E-state index in [1.54, 1.807) is 0 Å². The second kappa shape index (κ2) is 4.18. The molecule has 1 N–H and O–H groups in total. The molecule has 1 saturated heterocycles. The summed E-state index contributed by atoms with van der Waals surface area (Å²) in [5.41, 5.74) is 3.11. The van der Waals surface area contributed by atoms with E-state index in [1.807, 2.05) is 30.5 Å². The Hall–Kier alpha value is -1.48. The molecule has 1 aliphatic heterocycles. The zero-order chi connectivity index (χ0) is 10.8. The van der Waals surface area contributed by atoms with Gasteiger partial charge in [-0.2, -0.15) is 0 Å². The number of hydrogen-bond acceptors (Lipinski definition) is 3. The maximum atomic E-state index is 4.65. The van der Waals surface area contributed by atoms with Gasteiger partial charge < -0.3 is 5.32 Å². The van der Waals surface area contributed by atoms with Crippen molar-refractivity contribution in [3.63, 3.8) is 0 Å². The smallest absolute Gasteiger partial charge is 0.0890 e. The second-order valence-electron chi connectivity index (χ2n) is 4.41. The van der Waals surface area contributed by atoms with Gasteiger partial charge in [0, 0.05) is 6.20 Å². The van der Waals surface area contributed by atoms with Crippen molar-refractivity contribution in [2.75, 3.05) is 13.1 Å². The standard InChI is InChI=1S/C13H15N3/c1-2-4-13-12(3-1)15-9-11(16-13)7-10-5-6-14-8-10/h1-4,9-10,14H,5-8H2. The van der Waals surface area contributed by atoms with E-state index in [2.05, 4.69) is 15.3 Å². The van der Waals surface area contributed by atoms with Crippen LogP contribution < -0.4 is 5.32 Å². The summed E-state index contributed by atoms with van der Waals surface area (Å²) >= 11 is 0. The van der Waals surface area contributed by atoms with Gasteiger partial charge in [0.2, 0.25) is 0 Å². The van der Waals surface area contributed by atoms with Crippen LogP contribution in [0.15, 0.2) is 30.5 Å². The van der Waals surface area contributed by atoms with Crippen molar-refractivity contribution in [2.45, 2.75) is 12.8 Å². The van der Waals surface area contributed by atoms with Crippen LogP contribution in [0.2, 0.25) is 0 Å². The molecule has 0 saturated carbocycles. The molecule has 3 heteroatoms. The van der Waals surface area contributed by atoms with Crippen LogP contribution in [0.25, 0.3) is 11.0 Å². The van der Waals surface area contributed by atoms with Gasteiger partial charge in [-0.15, -0.1) is 0 Å². The van der Waals surface area contributed by atoms with Crippen molar-refractivity contribution in [3.8, 4) is 0 Å². The van der Waals surface area contributed by atoms with Crippen LogP contribution >= 0.6 is 0 Å². The zero-order valence-corrected chi connectivity index (χ0v) is 9.19. The second-order valence-corrected chi connectivity index (χ2v) is 4.41. The molecule has 1 aromatic heterocycles. The maximum absolute atomic E-state index is 4.65. The minimum Gasteiger partial charge on any atom is -0.316 e. The average Bonchev–Trinajstić information content (AvgIpc) is 2.82. The van der Waals surface area contributed by atoms with Crippen LogP contribution in [-0.2, 0) is 6.42 Å². The molecule has 0 amide bonds. The first-order chi connectivity index (χ1) is 7.92. The van der Waals surface area contributed by atoms with Crippen molar-refractivity contribution in [2.24, 2.45) is 5.92 Å². The summed E-state index contributed by atoms with van der Waals surface area (Å²) in [6.07, 6.45) is 4.22. The van der Waals surface area contributed by atoms with Crippen molar-refractivity contribution in [3.05, 3.63) is 36.2 Å². The van der Waals surface area contributed by atoms with Gasteiger partial charge in [0.05, 0.1) is 16.7 Å². The molecule has 0 aliphatic carbocycles. The fraction of sp³-hybridized carbons (Fsp3) is 0.385. The molecule has 2 heterocycles. The van der Waals surface area contributed by atoms with Crippen LogP contribution in [0.4, 0.5) is 0 Å². The summed E-state index contributed by atoms with van der Waals surface area (Å²) in [4.78, 5) is 9.09. The Morgan fingerprint density at radius 3 is 2.94 bits per heavy atom. The summed E-state index contributed by atoms with van der Waals surface area (Å²) in [5.74, 6) is 0.732. The van der Waals surface area contributed by atoms with Gasteiger partial charge in [-0.05, 0) is 44.0 Å². The first-order valence-electron chi connectivity index (χ1n) is 5.83. The van der Waals surface area contributed by atoms with Gasteiger partial charge in [0.1, 0.15) is 0 Å². The number of rotatable bonds is 2. The number of nitrogens with zero attached hydrogens (tertiary/aromatic N) is 2. The summed E-state index contributed by atoms with van der Waals surface area (Å²) in [7, 11) is 0. The first-order valence-corrected chi connectivity index (χ1v) is 5.83. The highest BCUT2D eigenvalue weighted by Crippen LogP contribution is 2.15. The molecule has 1 aliphatic rings. The highest BCUT2D eigenvalue weighted by atomic mass is 14.9. The van der Waals surface area contributed by atoms with Crippen molar-refractivity contribution in [1.29, 1.82) is 0 Å². The molecule has 3 nitrogen and oxygen atoms in total. The van der Waals surface area contributed by atoms with Crippen LogP contribution in [0.5, 0.6) is 0 Å². The quantitative estimate of drug-likeness (QED) is 0.826. The lowest BCUT2D eigenvalue weighted by Gasteiger charge is -2.07. The molecule has 16 heavy (non-hydrogen) atoms. The van der Waals surface area contributed by atoms with Crippen molar-refractivity contribution in [1.82, 2.24) is 15.3 Å². The Morgan fingerprint density at radius 1 is 1.25 bits per heavy atom. The van der Waals surface area contributed by atoms with E-state index in [0.717, 1.165) is 42.2 Å². The van der Waals surface area contributed by atoms with E-state index < -0.39 is 0 Å². The Balaban J connectivity index is 1.86. The highest BCUT2D eigenvalue weighted by Gasteiger charge is 2.15. The van der Waals surface area contributed by atoms with Crippen LogP contribution in [0.1, 0.15) is 12.1 Å². The van der Waals surface area contributed by atoms with Gasteiger partial charge in [0.15, 0.2) is 0 Å². The average molecular weight is 213 g/mol. The third-order valence-electron chi connectivity index (χ3n) is 3.16. The summed E-state index contributed by atoms with van der Waals surface area (Å²) in [6.45, 7) is 2.26. The Kier molecular flexibility index (Phi) is 2.54. The fourth-order valence-electron chi connectivity index (χ4n) is 2.28. The number of benzene rings is 1. The number of para-hydroxylation sites is 2. The molecule has 82 valence electrons. The summed E-state index contributed by atoms with van der Waals surface area (Å²) in [6, 6.07) is 8.04. The SMILES string of the molecule is c1ccc2nc(CC3CCNC3)cnc2c1. The summed E-state index contributed by atoms with van der Waals surface area (Å²) < 4.78 is 0. The Labute approximate surface area is 94.9 Å². The molecular weight excluding hydrogens is 198 g/mol. The maximum Gasteiger partial charge on any atom is 0.0890 e. The minimum atomic E-state index is 0.732.